The van der Waals surface area contributed by atoms with Crippen LogP contribution in [0.2, 0.25) is 0 Å². The van der Waals surface area contributed by atoms with Crippen LogP contribution in [-0.4, -0.2) is 37.8 Å². The molecule has 2 heterocycles. The molecule has 3 aromatic rings. The summed E-state index contributed by atoms with van der Waals surface area (Å²) in [5.41, 5.74) is 4.12. The number of aryl methyl sites for hydroxylation is 1. The molecule has 0 spiro atoms. The molecule has 0 radical (unpaired) electrons. The predicted octanol–water partition coefficient (Wildman–Crippen LogP) is 3.75. The van der Waals surface area contributed by atoms with Crippen molar-refractivity contribution >= 4 is 5.91 Å². The normalized spacial score (nSPS) is 16.0. The van der Waals surface area contributed by atoms with Crippen LogP contribution >= 0.6 is 0 Å². The third kappa shape index (κ3) is 2.73. The average Bonchev–Trinajstić information content (AvgIpc) is 3.17. The Hall–Kier alpha value is -3.28. The van der Waals surface area contributed by atoms with Crippen molar-refractivity contribution < 1.29 is 15.0 Å². The molecule has 0 saturated heterocycles. The van der Waals surface area contributed by atoms with Gasteiger partial charge in [0.2, 0.25) is 0 Å². The maximum Gasteiger partial charge on any atom is 0.273 e. The Bertz CT molecular complexity index is 1030. The fourth-order valence-corrected chi connectivity index (χ4v) is 3.75. The van der Waals surface area contributed by atoms with E-state index in [0.29, 0.717) is 23.5 Å². The first-order valence-corrected chi connectivity index (χ1v) is 8.99. The highest BCUT2D eigenvalue weighted by molar-refractivity contribution is 6.00. The van der Waals surface area contributed by atoms with Crippen LogP contribution < -0.4 is 0 Å². The zero-order valence-electron chi connectivity index (χ0n) is 15.2. The SMILES string of the molecule is CCCN1C(=O)c2[nH]nc(-c3cc(C)ccc3O)c2[C@H]1c1cccc(O)c1. The van der Waals surface area contributed by atoms with Crippen molar-refractivity contribution in [3.63, 3.8) is 0 Å². The summed E-state index contributed by atoms with van der Waals surface area (Å²) in [7, 11) is 0. The quantitative estimate of drug-likeness (QED) is 0.658. The minimum Gasteiger partial charge on any atom is -0.508 e. The molecule has 2 aromatic carbocycles. The largest absolute Gasteiger partial charge is 0.508 e. The Labute approximate surface area is 157 Å². The van der Waals surface area contributed by atoms with E-state index in [1.54, 1.807) is 29.2 Å². The lowest BCUT2D eigenvalue weighted by Gasteiger charge is -2.26. The summed E-state index contributed by atoms with van der Waals surface area (Å²) in [4.78, 5) is 14.8. The number of hydrogen-bond donors (Lipinski definition) is 3. The van der Waals surface area contributed by atoms with Crippen molar-refractivity contribution in [2.75, 3.05) is 6.54 Å². The summed E-state index contributed by atoms with van der Waals surface area (Å²) in [5, 5.41) is 27.6. The van der Waals surface area contributed by atoms with Crippen LogP contribution in [0, 0.1) is 6.92 Å². The van der Waals surface area contributed by atoms with Crippen molar-refractivity contribution in [1.29, 1.82) is 0 Å². The van der Waals surface area contributed by atoms with Crippen LogP contribution in [0.3, 0.4) is 0 Å². The summed E-state index contributed by atoms with van der Waals surface area (Å²) in [6.45, 7) is 4.54. The first-order valence-electron chi connectivity index (χ1n) is 8.99. The average molecular weight is 363 g/mol. The monoisotopic (exact) mass is 363 g/mol. The molecule has 0 saturated carbocycles. The molecule has 1 atom stereocenters. The van der Waals surface area contributed by atoms with Crippen molar-refractivity contribution in [1.82, 2.24) is 15.1 Å². The highest BCUT2D eigenvalue weighted by Gasteiger charge is 2.42. The number of fused-ring (bicyclic) bond motifs is 1. The van der Waals surface area contributed by atoms with E-state index in [2.05, 4.69) is 10.2 Å². The number of rotatable bonds is 4. The number of aromatic amines is 1. The highest BCUT2D eigenvalue weighted by atomic mass is 16.3. The van der Waals surface area contributed by atoms with Gasteiger partial charge in [0.05, 0.1) is 6.04 Å². The Morgan fingerprint density at radius 2 is 2.00 bits per heavy atom. The van der Waals surface area contributed by atoms with Gasteiger partial charge in [-0.05, 0) is 43.2 Å². The maximum atomic E-state index is 13.0. The van der Waals surface area contributed by atoms with Crippen LogP contribution in [0.4, 0.5) is 0 Å². The van der Waals surface area contributed by atoms with E-state index in [4.69, 9.17) is 0 Å². The first kappa shape index (κ1) is 17.1. The van der Waals surface area contributed by atoms with Gasteiger partial charge in [-0.3, -0.25) is 9.89 Å². The van der Waals surface area contributed by atoms with Gasteiger partial charge in [-0.2, -0.15) is 5.10 Å². The third-order valence-electron chi connectivity index (χ3n) is 4.92. The van der Waals surface area contributed by atoms with Gasteiger partial charge in [-0.15, -0.1) is 0 Å². The molecule has 1 aliphatic heterocycles. The smallest absolute Gasteiger partial charge is 0.273 e. The standard InChI is InChI=1S/C21H21N3O3/c1-3-9-24-20(13-5-4-6-14(25)11-13)17-18(22-23-19(17)21(24)27)15-10-12(2)7-8-16(15)26/h4-8,10-11,20,25-26H,3,9H2,1-2H3,(H,22,23)/t20-/m1/s1. The predicted molar refractivity (Wildman–Crippen MR) is 102 cm³/mol. The van der Waals surface area contributed by atoms with Gasteiger partial charge in [0.15, 0.2) is 0 Å². The Balaban J connectivity index is 1.94. The lowest BCUT2D eigenvalue weighted by Crippen LogP contribution is -2.30. The Morgan fingerprint density at radius 1 is 1.19 bits per heavy atom. The van der Waals surface area contributed by atoms with Gasteiger partial charge >= 0.3 is 0 Å². The molecule has 0 fully saturated rings. The molecule has 4 rings (SSSR count). The van der Waals surface area contributed by atoms with Crippen LogP contribution in [-0.2, 0) is 0 Å². The van der Waals surface area contributed by atoms with E-state index in [-0.39, 0.29) is 23.4 Å². The van der Waals surface area contributed by atoms with E-state index in [1.165, 1.54) is 0 Å². The fraction of sp³-hybridized carbons (Fsp3) is 0.238. The van der Waals surface area contributed by atoms with Crippen LogP contribution in [0.25, 0.3) is 11.3 Å². The number of benzene rings is 2. The molecule has 1 aliphatic rings. The number of aromatic hydroxyl groups is 2. The molecule has 6 heteroatoms. The van der Waals surface area contributed by atoms with E-state index in [0.717, 1.165) is 23.1 Å². The Kier molecular flexibility index (Phi) is 4.11. The second-order valence-electron chi connectivity index (χ2n) is 6.88. The number of nitrogens with one attached hydrogen (secondary N) is 1. The summed E-state index contributed by atoms with van der Waals surface area (Å²) in [5.74, 6) is 0.144. The number of carbonyl (C=O) groups is 1. The molecule has 27 heavy (non-hydrogen) atoms. The summed E-state index contributed by atoms with van der Waals surface area (Å²) >= 11 is 0. The van der Waals surface area contributed by atoms with Crippen molar-refractivity contribution in [2.45, 2.75) is 26.3 Å². The van der Waals surface area contributed by atoms with E-state index in [1.807, 2.05) is 32.0 Å². The van der Waals surface area contributed by atoms with Gasteiger partial charge in [-0.25, -0.2) is 0 Å². The molecule has 1 aromatic heterocycles. The molecule has 138 valence electrons. The first-order chi connectivity index (χ1) is 13.0. The lowest BCUT2D eigenvalue weighted by molar-refractivity contribution is 0.0743. The number of nitrogens with zero attached hydrogens (tertiary/aromatic N) is 2. The van der Waals surface area contributed by atoms with Gasteiger partial charge in [0.25, 0.3) is 5.91 Å². The topological polar surface area (TPSA) is 89.5 Å². The number of amides is 1. The third-order valence-corrected chi connectivity index (χ3v) is 4.92. The molecular formula is C21H21N3O3. The number of H-pyrrole nitrogens is 1. The number of carbonyl (C=O) groups excluding carboxylic acids is 1. The fourth-order valence-electron chi connectivity index (χ4n) is 3.75. The minimum absolute atomic E-state index is 0.117. The molecule has 0 unspecified atom stereocenters. The molecule has 0 aliphatic carbocycles. The van der Waals surface area contributed by atoms with Gasteiger partial charge < -0.3 is 15.1 Å². The second-order valence-corrected chi connectivity index (χ2v) is 6.88. The highest BCUT2D eigenvalue weighted by Crippen LogP contribution is 2.45. The summed E-state index contributed by atoms with van der Waals surface area (Å²) in [6.07, 6.45) is 0.809. The molecule has 0 bridgehead atoms. The lowest BCUT2D eigenvalue weighted by atomic mass is 9.95. The second kappa shape index (κ2) is 6.46. The van der Waals surface area contributed by atoms with Crippen molar-refractivity contribution in [3.8, 4) is 22.8 Å². The van der Waals surface area contributed by atoms with E-state index in [9.17, 15) is 15.0 Å². The maximum absolute atomic E-state index is 13.0. The van der Waals surface area contributed by atoms with Crippen molar-refractivity contribution in [2.24, 2.45) is 0 Å². The number of hydrogen-bond acceptors (Lipinski definition) is 4. The van der Waals surface area contributed by atoms with Crippen LogP contribution in [0.5, 0.6) is 11.5 Å². The van der Waals surface area contributed by atoms with Crippen molar-refractivity contribution in [3.05, 3.63) is 64.8 Å². The number of phenolic OH excluding ortho intramolecular Hbond substituents is 2. The number of phenols is 2. The van der Waals surface area contributed by atoms with Gasteiger partial charge in [0, 0.05) is 17.7 Å². The zero-order chi connectivity index (χ0) is 19.1. The zero-order valence-corrected chi connectivity index (χ0v) is 15.2. The Morgan fingerprint density at radius 3 is 2.74 bits per heavy atom. The molecular weight excluding hydrogens is 342 g/mol. The minimum atomic E-state index is -0.367. The summed E-state index contributed by atoms with van der Waals surface area (Å²) in [6, 6.07) is 11.9. The van der Waals surface area contributed by atoms with Gasteiger partial charge in [-0.1, -0.05) is 30.7 Å². The van der Waals surface area contributed by atoms with Gasteiger partial charge in [0.1, 0.15) is 22.9 Å². The van der Waals surface area contributed by atoms with E-state index < -0.39 is 0 Å². The molecule has 1 amide bonds. The van der Waals surface area contributed by atoms with Crippen LogP contribution in [0.1, 0.15) is 46.6 Å². The summed E-state index contributed by atoms with van der Waals surface area (Å²) < 4.78 is 0. The molecule has 6 nitrogen and oxygen atoms in total. The van der Waals surface area contributed by atoms with E-state index >= 15 is 0 Å². The van der Waals surface area contributed by atoms with Crippen LogP contribution in [0.15, 0.2) is 42.5 Å². The number of aromatic nitrogens is 2. The molecule has 3 N–H and O–H groups in total.